The third-order valence-corrected chi connectivity index (χ3v) is 4.05. The molecule has 6 nitrogen and oxygen atoms in total. The van der Waals surface area contributed by atoms with Crippen molar-refractivity contribution in [2.24, 2.45) is 0 Å². The lowest BCUT2D eigenvalue weighted by Crippen LogP contribution is -2.54. The third-order valence-electron chi connectivity index (χ3n) is 4.05. The average Bonchev–Trinajstić information content (AvgIpc) is 3.03. The Labute approximate surface area is 123 Å². The molecule has 0 amide bonds. The first-order valence-corrected chi connectivity index (χ1v) is 7.05. The van der Waals surface area contributed by atoms with Gasteiger partial charge in [-0.3, -0.25) is 4.90 Å². The van der Waals surface area contributed by atoms with E-state index in [1.54, 1.807) is 0 Å². The average molecular weight is 286 g/mol. The molecule has 0 bridgehead atoms. The number of hydrogen-bond acceptors (Lipinski definition) is 4. The minimum Gasteiger partial charge on any atom is -0.479 e. The van der Waals surface area contributed by atoms with Crippen molar-refractivity contribution in [3.05, 3.63) is 48.5 Å². The smallest absolute Gasteiger partial charge is 0.333 e. The van der Waals surface area contributed by atoms with Gasteiger partial charge in [0.15, 0.2) is 5.54 Å². The van der Waals surface area contributed by atoms with Gasteiger partial charge in [-0.25, -0.2) is 14.5 Å². The van der Waals surface area contributed by atoms with E-state index < -0.39 is 11.5 Å². The van der Waals surface area contributed by atoms with Gasteiger partial charge >= 0.3 is 5.97 Å². The molecule has 2 aromatic rings. The molecule has 1 aliphatic rings. The maximum absolute atomic E-state index is 11.9. The molecule has 0 spiro atoms. The molecule has 1 aliphatic heterocycles. The fourth-order valence-electron chi connectivity index (χ4n) is 2.99. The van der Waals surface area contributed by atoms with Crippen LogP contribution < -0.4 is 0 Å². The number of nitrogens with zero attached hydrogens (tertiary/aromatic N) is 4. The van der Waals surface area contributed by atoms with Crippen LogP contribution in [0.25, 0.3) is 0 Å². The predicted octanol–water partition coefficient (Wildman–Crippen LogP) is 1.35. The molecule has 110 valence electrons. The minimum absolute atomic E-state index is 0.445. The molecule has 1 aromatic heterocycles. The van der Waals surface area contributed by atoms with Crippen molar-refractivity contribution in [2.45, 2.75) is 24.9 Å². The molecule has 1 atom stereocenters. The van der Waals surface area contributed by atoms with Crippen LogP contribution in [0.1, 0.15) is 18.4 Å². The highest BCUT2D eigenvalue weighted by atomic mass is 16.4. The van der Waals surface area contributed by atoms with Crippen LogP contribution in [0.3, 0.4) is 0 Å². The summed E-state index contributed by atoms with van der Waals surface area (Å²) in [5.74, 6) is -0.842. The number of rotatable bonds is 4. The van der Waals surface area contributed by atoms with Gasteiger partial charge < -0.3 is 5.11 Å². The Balaban J connectivity index is 1.82. The molecule has 2 heterocycles. The van der Waals surface area contributed by atoms with E-state index in [2.05, 4.69) is 27.1 Å². The van der Waals surface area contributed by atoms with Gasteiger partial charge in [-0.2, -0.15) is 5.10 Å². The zero-order valence-electron chi connectivity index (χ0n) is 11.7. The Bertz CT molecular complexity index is 599. The SMILES string of the molecule is O=C(O)C1(n2cncn2)CCCN(Cc2ccccc2)C1. The van der Waals surface area contributed by atoms with E-state index in [-0.39, 0.29) is 0 Å². The highest BCUT2D eigenvalue weighted by Gasteiger charge is 2.45. The van der Waals surface area contributed by atoms with Gasteiger partial charge in [0, 0.05) is 13.1 Å². The van der Waals surface area contributed by atoms with Crippen molar-refractivity contribution < 1.29 is 9.90 Å². The number of carbonyl (C=O) groups is 1. The van der Waals surface area contributed by atoms with Gasteiger partial charge in [0.25, 0.3) is 0 Å². The Morgan fingerprint density at radius 3 is 2.81 bits per heavy atom. The summed E-state index contributed by atoms with van der Waals surface area (Å²) in [7, 11) is 0. The third kappa shape index (κ3) is 2.67. The van der Waals surface area contributed by atoms with Crippen molar-refractivity contribution in [3.63, 3.8) is 0 Å². The number of hydrogen-bond donors (Lipinski definition) is 1. The number of aromatic nitrogens is 3. The second-order valence-electron chi connectivity index (χ2n) is 5.48. The molecule has 1 N–H and O–H groups in total. The van der Waals surface area contributed by atoms with Crippen molar-refractivity contribution >= 4 is 5.97 Å². The van der Waals surface area contributed by atoms with E-state index in [4.69, 9.17) is 0 Å². The Hall–Kier alpha value is -2.21. The van der Waals surface area contributed by atoms with Crippen molar-refractivity contribution in [1.82, 2.24) is 19.7 Å². The lowest BCUT2D eigenvalue weighted by molar-refractivity contribution is -0.151. The van der Waals surface area contributed by atoms with Crippen LogP contribution in [0.2, 0.25) is 0 Å². The Morgan fingerprint density at radius 1 is 1.33 bits per heavy atom. The molecular weight excluding hydrogens is 268 g/mol. The van der Waals surface area contributed by atoms with Crippen molar-refractivity contribution in [2.75, 3.05) is 13.1 Å². The van der Waals surface area contributed by atoms with Gasteiger partial charge in [-0.1, -0.05) is 30.3 Å². The number of benzene rings is 1. The second-order valence-corrected chi connectivity index (χ2v) is 5.48. The van der Waals surface area contributed by atoms with Gasteiger partial charge in [0.1, 0.15) is 12.7 Å². The summed E-state index contributed by atoms with van der Waals surface area (Å²) in [5.41, 5.74) is 0.182. The van der Waals surface area contributed by atoms with Gasteiger partial charge in [0.2, 0.25) is 0 Å². The molecule has 1 unspecified atom stereocenters. The van der Waals surface area contributed by atoms with Crippen molar-refractivity contribution in [1.29, 1.82) is 0 Å². The van der Waals surface area contributed by atoms with E-state index in [1.807, 2.05) is 18.2 Å². The number of aliphatic carboxylic acids is 1. The second kappa shape index (κ2) is 5.65. The summed E-state index contributed by atoms with van der Waals surface area (Å²) >= 11 is 0. The van der Waals surface area contributed by atoms with Gasteiger partial charge in [0.05, 0.1) is 0 Å². The summed E-state index contributed by atoms with van der Waals surface area (Å²) in [5, 5.41) is 13.8. The maximum atomic E-state index is 11.9. The summed E-state index contributed by atoms with van der Waals surface area (Å²) in [4.78, 5) is 17.9. The normalized spacial score (nSPS) is 23.0. The lowest BCUT2D eigenvalue weighted by Gasteiger charge is -2.39. The number of piperidine rings is 1. The van der Waals surface area contributed by atoms with Crippen LogP contribution in [0.5, 0.6) is 0 Å². The molecule has 21 heavy (non-hydrogen) atoms. The van der Waals surface area contributed by atoms with Crippen LogP contribution in [-0.2, 0) is 16.9 Å². The summed E-state index contributed by atoms with van der Waals surface area (Å²) in [6.07, 6.45) is 4.30. The van der Waals surface area contributed by atoms with Crippen LogP contribution in [0.4, 0.5) is 0 Å². The van der Waals surface area contributed by atoms with Gasteiger partial charge in [-0.05, 0) is 24.9 Å². The maximum Gasteiger partial charge on any atom is 0.333 e. The topological polar surface area (TPSA) is 71.2 Å². The van der Waals surface area contributed by atoms with E-state index in [9.17, 15) is 9.90 Å². The first-order chi connectivity index (χ1) is 10.2. The highest BCUT2D eigenvalue weighted by Crippen LogP contribution is 2.29. The molecule has 1 saturated heterocycles. The first-order valence-electron chi connectivity index (χ1n) is 7.05. The molecule has 6 heteroatoms. The lowest BCUT2D eigenvalue weighted by atomic mass is 9.89. The fourth-order valence-corrected chi connectivity index (χ4v) is 2.99. The van der Waals surface area contributed by atoms with Gasteiger partial charge in [-0.15, -0.1) is 0 Å². The van der Waals surface area contributed by atoms with Crippen LogP contribution in [-0.4, -0.2) is 43.8 Å². The summed E-state index contributed by atoms with van der Waals surface area (Å²) in [6, 6.07) is 10.1. The van der Waals surface area contributed by atoms with Crippen LogP contribution in [0.15, 0.2) is 43.0 Å². The fraction of sp³-hybridized carbons (Fsp3) is 0.400. The number of likely N-dealkylation sites (tertiary alicyclic amines) is 1. The molecule has 0 aliphatic carbocycles. The number of carboxylic acids is 1. The summed E-state index contributed by atoms with van der Waals surface area (Å²) in [6.45, 7) is 2.10. The molecule has 1 aromatic carbocycles. The largest absolute Gasteiger partial charge is 0.479 e. The quantitative estimate of drug-likeness (QED) is 0.918. The van der Waals surface area contributed by atoms with E-state index in [0.29, 0.717) is 13.0 Å². The van der Waals surface area contributed by atoms with Crippen LogP contribution in [0, 0.1) is 0 Å². The standard InChI is InChI=1S/C15H18N4O2/c20-14(21)15(19-12-16-11-17-19)7-4-8-18(10-15)9-13-5-2-1-3-6-13/h1-3,5-6,11-12H,4,7-10H2,(H,20,21). The minimum atomic E-state index is -1.01. The molecule has 1 fully saturated rings. The molecule has 0 radical (unpaired) electrons. The first kappa shape index (κ1) is 13.8. The summed E-state index contributed by atoms with van der Waals surface area (Å²) < 4.78 is 1.49. The molecular formula is C15H18N4O2. The number of carboxylic acid groups (broad SMARTS) is 1. The van der Waals surface area contributed by atoms with E-state index in [1.165, 1.54) is 22.9 Å². The van der Waals surface area contributed by atoms with E-state index in [0.717, 1.165) is 19.5 Å². The highest BCUT2D eigenvalue weighted by molar-refractivity contribution is 5.77. The molecule has 3 rings (SSSR count). The Kier molecular flexibility index (Phi) is 3.70. The monoisotopic (exact) mass is 286 g/mol. The molecule has 0 saturated carbocycles. The van der Waals surface area contributed by atoms with Crippen molar-refractivity contribution in [3.8, 4) is 0 Å². The Morgan fingerprint density at radius 2 is 2.14 bits per heavy atom. The van der Waals surface area contributed by atoms with Crippen LogP contribution >= 0.6 is 0 Å². The predicted molar refractivity (Wildman–Crippen MR) is 76.6 cm³/mol. The zero-order valence-corrected chi connectivity index (χ0v) is 11.7. The zero-order chi connectivity index (χ0) is 14.7. The van der Waals surface area contributed by atoms with E-state index >= 15 is 0 Å².